The summed E-state index contributed by atoms with van der Waals surface area (Å²) in [5.41, 5.74) is -0.188. The molecule has 1 aromatic rings. The van der Waals surface area contributed by atoms with Gasteiger partial charge in [0.2, 0.25) is 10.0 Å². The van der Waals surface area contributed by atoms with Crippen molar-refractivity contribution < 1.29 is 17.9 Å². The fourth-order valence-corrected chi connectivity index (χ4v) is 3.31. The second-order valence-corrected chi connectivity index (χ2v) is 5.93. The van der Waals surface area contributed by atoms with E-state index in [9.17, 15) is 13.2 Å². The Bertz CT molecular complexity index is 512. The average Bonchev–Trinajstić information content (AvgIpc) is 2.85. The zero-order valence-electron chi connectivity index (χ0n) is 10.3. The van der Waals surface area contributed by atoms with Crippen LogP contribution in [-0.4, -0.2) is 45.5 Å². The number of aromatic nitrogens is 1. The van der Waals surface area contributed by atoms with E-state index in [0.717, 1.165) is 11.5 Å². The quantitative estimate of drug-likeness (QED) is 0.706. The van der Waals surface area contributed by atoms with Gasteiger partial charge in [-0.15, -0.1) is 0 Å². The second kappa shape index (κ2) is 6.23. The third kappa shape index (κ3) is 3.48. The highest BCUT2D eigenvalue weighted by molar-refractivity contribution is 7.89. The molecular weight excluding hydrogens is 278 g/mol. The Balaban J connectivity index is 2.92. The highest BCUT2D eigenvalue weighted by atomic mass is 32.2. The second-order valence-electron chi connectivity index (χ2n) is 3.56. The minimum atomic E-state index is -3.75. The molecule has 7 nitrogen and oxygen atoms in total. The fourth-order valence-electron chi connectivity index (χ4n) is 1.07. The van der Waals surface area contributed by atoms with Crippen LogP contribution in [0.3, 0.4) is 0 Å². The van der Waals surface area contributed by atoms with Crippen molar-refractivity contribution in [3.8, 4) is 0 Å². The van der Waals surface area contributed by atoms with Crippen LogP contribution >= 0.6 is 11.5 Å². The van der Waals surface area contributed by atoms with Crippen LogP contribution < -0.4 is 10.0 Å². The molecule has 102 valence electrons. The van der Waals surface area contributed by atoms with Gasteiger partial charge in [-0.1, -0.05) is 0 Å². The molecule has 1 aromatic heterocycles. The number of esters is 1. The van der Waals surface area contributed by atoms with Gasteiger partial charge in [-0.25, -0.2) is 17.9 Å². The molecule has 1 atom stereocenters. The molecule has 0 saturated heterocycles. The molecule has 0 radical (unpaired) electrons. The van der Waals surface area contributed by atoms with Gasteiger partial charge in [0.15, 0.2) is 5.69 Å². The predicted octanol–water partition coefficient (Wildman–Crippen LogP) is -0.184. The van der Waals surface area contributed by atoms with E-state index in [0.29, 0.717) is 0 Å². The van der Waals surface area contributed by atoms with Crippen molar-refractivity contribution in [2.24, 2.45) is 0 Å². The molecule has 1 heterocycles. The number of nitrogens with one attached hydrogen (secondary N) is 2. The van der Waals surface area contributed by atoms with Crippen LogP contribution in [0.2, 0.25) is 0 Å². The lowest BCUT2D eigenvalue weighted by molar-refractivity contribution is 0.0591. The summed E-state index contributed by atoms with van der Waals surface area (Å²) in [5.74, 6) is -0.765. The summed E-state index contributed by atoms with van der Waals surface area (Å²) >= 11 is 0.891. The zero-order chi connectivity index (χ0) is 13.8. The number of rotatable bonds is 6. The normalized spacial score (nSPS) is 13.3. The predicted molar refractivity (Wildman–Crippen MR) is 67.2 cm³/mol. The number of hydrogen-bond donors (Lipinski definition) is 2. The van der Waals surface area contributed by atoms with Crippen molar-refractivity contribution in [1.29, 1.82) is 0 Å². The lowest BCUT2D eigenvalue weighted by Gasteiger charge is -2.11. The average molecular weight is 293 g/mol. The van der Waals surface area contributed by atoms with Gasteiger partial charge < -0.3 is 10.1 Å². The first kappa shape index (κ1) is 15.0. The van der Waals surface area contributed by atoms with E-state index in [1.54, 1.807) is 7.05 Å². The number of sulfonamides is 1. The fraction of sp³-hybridized carbons (Fsp3) is 0.556. The van der Waals surface area contributed by atoms with E-state index >= 15 is 0 Å². The number of likely N-dealkylation sites (N-methyl/N-ethyl adjacent to an activating group) is 1. The van der Waals surface area contributed by atoms with Crippen LogP contribution in [0.4, 0.5) is 0 Å². The van der Waals surface area contributed by atoms with Crippen LogP contribution in [-0.2, 0) is 14.8 Å². The van der Waals surface area contributed by atoms with E-state index in [1.165, 1.54) is 12.5 Å². The van der Waals surface area contributed by atoms with E-state index in [2.05, 4.69) is 19.1 Å². The number of nitrogens with zero attached hydrogens (tertiary/aromatic N) is 1. The van der Waals surface area contributed by atoms with Gasteiger partial charge in [0.05, 0.1) is 7.11 Å². The SMILES string of the molecule is CNC(C)CNS(=O)(=O)c1csnc1C(=O)OC. The Morgan fingerprint density at radius 1 is 1.61 bits per heavy atom. The van der Waals surface area contributed by atoms with Crippen LogP contribution in [0, 0.1) is 0 Å². The molecule has 18 heavy (non-hydrogen) atoms. The van der Waals surface area contributed by atoms with Crippen molar-refractivity contribution in [3.63, 3.8) is 0 Å². The lowest BCUT2D eigenvalue weighted by atomic mass is 10.4. The first-order chi connectivity index (χ1) is 8.42. The van der Waals surface area contributed by atoms with Gasteiger partial charge in [0.25, 0.3) is 0 Å². The van der Waals surface area contributed by atoms with Crippen LogP contribution in [0.1, 0.15) is 17.4 Å². The molecule has 9 heteroatoms. The maximum absolute atomic E-state index is 12.0. The number of carbonyl (C=O) groups is 1. The van der Waals surface area contributed by atoms with Crippen LogP contribution in [0.25, 0.3) is 0 Å². The van der Waals surface area contributed by atoms with E-state index in [-0.39, 0.29) is 23.2 Å². The third-order valence-corrected chi connectivity index (χ3v) is 4.49. The Morgan fingerprint density at radius 3 is 2.83 bits per heavy atom. The highest BCUT2D eigenvalue weighted by Crippen LogP contribution is 2.17. The molecule has 1 rings (SSSR count). The maximum Gasteiger partial charge on any atom is 0.359 e. The zero-order valence-corrected chi connectivity index (χ0v) is 11.9. The van der Waals surface area contributed by atoms with Gasteiger partial charge in [0.1, 0.15) is 4.90 Å². The first-order valence-electron chi connectivity index (χ1n) is 5.12. The van der Waals surface area contributed by atoms with Crippen molar-refractivity contribution in [2.75, 3.05) is 20.7 Å². The monoisotopic (exact) mass is 293 g/mol. The van der Waals surface area contributed by atoms with Gasteiger partial charge in [0, 0.05) is 18.0 Å². The Hall–Kier alpha value is -1.03. The molecule has 0 aliphatic heterocycles. The van der Waals surface area contributed by atoms with Gasteiger partial charge in [-0.2, -0.15) is 4.37 Å². The smallest absolute Gasteiger partial charge is 0.359 e. The summed E-state index contributed by atoms with van der Waals surface area (Å²) in [5, 5.41) is 4.20. The van der Waals surface area contributed by atoms with Gasteiger partial charge in [-0.05, 0) is 25.5 Å². The summed E-state index contributed by atoms with van der Waals surface area (Å²) < 4.78 is 34.6. The summed E-state index contributed by atoms with van der Waals surface area (Å²) in [4.78, 5) is 11.2. The molecule has 1 unspecified atom stereocenters. The Kier molecular flexibility index (Phi) is 5.20. The van der Waals surface area contributed by atoms with E-state index in [4.69, 9.17) is 0 Å². The standard InChI is InChI=1S/C9H15N3O4S2/c1-6(10-2)4-11-18(14,15)7-5-17-12-8(7)9(13)16-3/h5-6,10-11H,4H2,1-3H3. The van der Waals surface area contributed by atoms with Crippen LogP contribution in [0.5, 0.6) is 0 Å². The summed E-state index contributed by atoms with van der Waals surface area (Å²) in [6.45, 7) is 2.05. The molecule has 0 aromatic carbocycles. The molecule has 0 saturated carbocycles. The number of carbonyl (C=O) groups excluding carboxylic acids is 1. The number of ether oxygens (including phenoxy) is 1. The first-order valence-corrected chi connectivity index (χ1v) is 7.44. The summed E-state index contributed by atoms with van der Waals surface area (Å²) in [6.07, 6.45) is 0. The lowest BCUT2D eigenvalue weighted by Crippen LogP contribution is -2.37. The molecule has 2 N–H and O–H groups in total. The van der Waals surface area contributed by atoms with Crippen molar-refractivity contribution >= 4 is 27.5 Å². The minimum Gasteiger partial charge on any atom is -0.464 e. The molecule has 0 aliphatic carbocycles. The number of hydrogen-bond acceptors (Lipinski definition) is 7. The Morgan fingerprint density at radius 2 is 2.28 bits per heavy atom. The molecule has 0 amide bonds. The van der Waals surface area contributed by atoms with E-state index < -0.39 is 16.0 Å². The molecule has 0 aliphatic rings. The van der Waals surface area contributed by atoms with E-state index in [1.807, 2.05) is 6.92 Å². The molecule has 0 bridgehead atoms. The van der Waals surface area contributed by atoms with Crippen molar-refractivity contribution in [2.45, 2.75) is 17.9 Å². The topological polar surface area (TPSA) is 97.4 Å². The summed E-state index contributed by atoms with van der Waals surface area (Å²) in [7, 11) is -0.848. The van der Waals surface area contributed by atoms with Gasteiger partial charge >= 0.3 is 5.97 Å². The van der Waals surface area contributed by atoms with Crippen molar-refractivity contribution in [3.05, 3.63) is 11.1 Å². The third-order valence-electron chi connectivity index (χ3n) is 2.28. The highest BCUT2D eigenvalue weighted by Gasteiger charge is 2.26. The molecule has 0 spiro atoms. The largest absolute Gasteiger partial charge is 0.464 e. The minimum absolute atomic E-state index is 0.0204. The molecular formula is C9H15N3O4S2. The number of methoxy groups -OCH3 is 1. The van der Waals surface area contributed by atoms with Crippen LogP contribution in [0.15, 0.2) is 10.3 Å². The summed E-state index contributed by atoms with van der Waals surface area (Å²) in [6, 6.07) is -0.0204. The van der Waals surface area contributed by atoms with Crippen molar-refractivity contribution in [1.82, 2.24) is 14.4 Å². The molecule has 0 fully saturated rings. The van der Waals surface area contributed by atoms with Gasteiger partial charge in [-0.3, -0.25) is 0 Å². The Labute approximate surface area is 110 Å². The maximum atomic E-state index is 12.0.